The summed E-state index contributed by atoms with van der Waals surface area (Å²) in [4.78, 5) is 0. The van der Waals surface area contributed by atoms with Crippen LogP contribution in [0.3, 0.4) is 0 Å². The van der Waals surface area contributed by atoms with Crippen molar-refractivity contribution < 1.29 is 56.8 Å². The Morgan fingerprint density at radius 1 is 0.595 bits per heavy atom. The largest absolute Gasteiger partial charge is 0.457 e. The molecule has 79 heavy (non-hydrogen) atoms. The van der Waals surface area contributed by atoms with Crippen LogP contribution in [0.25, 0.3) is 49.7 Å². The highest BCUT2D eigenvalue weighted by molar-refractivity contribution is 6.09. The summed E-state index contributed by atoms with van der Waals surface area (Å²) in [7, 11) is 0. The molecule has 3 fully saturated rings. The summed E-state index contributed by atoms with van der Waals surface area (Å²) in [5, 5.41) is 1.82. The van der Waals surface area contributed by atoms with Gasteiger partial charge >= 0.3 is 0 Å². The molecule has 1 aliphatic heterocycles. The summed E-state index contributed by atoms with van der Waals surface area (Å²) in [6, 6.07) is 26.4. The highest BCUT2D eigenvalue weighted by atomic mass is 16.5. The molecule has 1 aromatic heterocycles. The van der Waals surface area contributed by atoms with Crippen molar-refractivity contribution in [2.75, 3.05) is 0 Å². The SMILES string of the molecule is [2H]c1c([2H])c2c(c([2H])c1-c1cc(C34CC(C)(C3)C4)cc(-c3c([2H])c([2H])c4c(c3[2H])C(C([2H])([2H])[2H])(C([2H])([2H])[2H])C([2H])([2H])C([2H])([2H])C4(C([2H])([2H])[2H])C([2H])([2H])[2H])c1[N+]1=[C-]C(c3cccc(Oc4ccc5c6ccccc6n(-c6cccc(C(C)(C)C)c6)c5c4)c3)c3ccccc31)C(C([2H])([2H])[2H])(C([2H])([2H])[2H])C([2H])([2H])C([2H])([2H])C2(C([2H])([2H])[2H])C([2H])([2H])[2H]. The Labute approximate surface area is 523 Å². The Balaban J connectivity index is 1.15. The fourth-order valence-corrected chi connectivity index (χ4v) is 12.9. The van der Waals surface area contributed by atoms with Crippen LogP contribution in [0.1, 0.15) is 230 Å². The number of rotatable bonds is 8. The van der Waals surface area contributed by atoms with Crippen LogP contribution in [-0.2, 0) is 32.5 Å². The summed E-state index contributed by atoms with van der Waals surface area (Å²) in [5.41, 5.74) is -28.7. The van der Waals surface area contributed by atoms with Crippen molar-refractivity contribution in [2.24, 2.45) is 5.41 Å². The van der Waals surface area contributed by atoms with Gasteiger partial charge in [-0.05, 0) is 198 Å². The Bertz CT molecular complexity index is 5460. The van der Waals surface area contributed by atoms with Crippen LogP contribution in [0.5, 0.6) is 11.5 Å². The average Bonchev–Trinajstić information content (AvgIpc) is 0.842. The highest BCUT2D eigenvalue weighted by Gasteiger charge is 2.65. The predicted octanol–water partition coefficient (Wildman–Crippen LogP) is 20.3. The lowest BCUT2D eigenvalue weighted by molar-refractivity contribution is -0.125. The minimum Gasteiger partial charge on any atom is -0.457 e. The van der Waals surface area contributed by atoms with E-state index in [1.807, 2.05) is 61.5 Å². The Morgan fingerprint density at radius 3 is 1.81 bits per heavy atom. The van der Waals surface area contributed by atoms with E-state index < -0.39 is 205 Å². The van der Waals surface area contributed by atoms with E-state index >= 15 is 0 Å². The molecule has 6 aliphatic rings. The molecule has 5 aliphatic carbocycles. The fraction of sp³-hybridized carbons (Fsp3) is 0.355. The molecule has 398 valence electrons. The van der Waals surface area contributed by atoms with Crippen LogP contribution in [0.2, 0.25) is 0 Å². The molecule has 0 N–H and O–H groups in total. The Hall–Kier alpha value is -6.97. The maximum absolute atomic E-state index is 10.7. The molecule has 1 atom stereocenters. The zero-order valence-electron chi connectivity index (χ0n) is 81.6. The van der Waals surface area contributed by atoms with E-state index in [-0.39, 0.29) is 47.2 Å². The second-order valence-corrected chi connectivity index (χ2v) is 23.5. The number of ether oxygens (including phenoxy) is 1. The van der Waals surface area contributed by atoms with Crippen molar-refractivity contribution in [1.29, 1.82) is 0 Å². The first-order valence-corrected chi connectivity index (χ1v) is 26.2. The predicted molar refractivity (Wildman–Crippen MR) is 332 cm³/mol. The minimum atomic E-state index is -4.84. The number of fused-ring (bicyclic) bond motifs is 6. The Kier molecular flexibility index (Phi) is 5.17. The lowest BCUT2D eigenvalue weighted by Gasteiger charge is -2.70. The molecule has 0 amide bonds. The van der Waals surface area contributed by atoms with Gasteiger partial charge in [0.15, 0.2) is 0 Å². The van der Waals surface area contributed by atoms with Crippen molar-refractivity contribution in [2.45, 2.75) is 166 Å². The quantitative estimate of drug-likeness (QED) is 0.109. The van der Waals surface area contributed by atoms with E-state index in [9.17, 15) is 35.6 Å². The first-order valence-electron chi connectivity index (χ1n) is 45.2. The van der Waals surface area contributed by atoms with Crippen LogP contribution in [-0.4, -0.2) is 10.8 Å². The van der Waals surface area contributed by atoms with Gasteiger partial charge in [0, 0.05) is 72.3 Å². The average molecular weight is 1070 g/mol. The molecule has 3 nitrogen and oxygen atoms in total. The number of hydrogen-bond donors (Lipinski definition) is 0. The lowest BCUT2D eigenvalue weighted by Crippen LogP contribution is -2.62. The normalized spacial score (nSPS) is 33.7. The summed E-state index contributed by atoms with van der Waals surface area (Å²) >= 11 is 0. The number of aromatic nitrogens is 1. The molecule has 0 spiro atoms. The maximum Gasteiger partial charge on any atom is 0.129 e. The first kappa shape index (κ1) is 24.0. The van der Waals surface area contributed by atoms with E-state index in [1.54, 1.807) is 42.5 Å². The van der Waals surface area contributed by atoms with Crippen molar-refractivity contribution in [3.63, 3.8) is 0 Å². The molecule has 0 saturated heterocycles. The topological polar surface area (TPSA) is 17.2 Å². The molecule has 15 rings (SSSR count). The van der Waals surface area contributed by atoms with Crippen molar-refractivity contribution >= 4 is 39.4 Å². The van der Waals surface area contributed by atoms with Gasteiger partial charge in [-0.15, -0.1) is 0 Å². The molecule has 2 bridgehead atoms. The molecule has 0 radical (unpaired) electrons. The van der Waals surface area contributed by atoms with Gasteiger partial charge in [0.25, 0.3) is 0 Å². The van der Waals surface area contributed by atoms with Crippen LogP contribution in [0.15, 0.2) is 164 Å². The minimum absolute atomic E-state index is 0.0234. The Morgan fingerprint density at radius 2 is 1.18 bits per heavy atom. The van der Waals surface area contributed by atoms with Crippen LogP contribution in [0, 0.1) is 5.41 Å². The second kappa shape index (κ2) is 17.0. The lowest BCUT2D eigenvalue weighted by atomic mass is 9.34. The van der Waals surface area contributed by atoms with Gasteiger partial charge in [0.1, 0.15) is 29.1 Å². The van der Waals surface area contributed by atoms with Crippen molar-refractivity contribution in [3.8, 4) is 39.4 Å². The number of nitrogens with zero attached hydrogens (tertiary/aromatic N) is 2. The van der Waals surface area contributed by atoms with Gasteiger partial charge in [-0.1, -0.05) is 192 Å². The van der Waals surface area contributed by atoms with Crippen molar-refractivity contribution in [1.82, 2.24) is 9.14 Å². The fourth-order valence-electron chi connectivity index (χ4n) is 12.9. The monoisotopic (exact) mass is 1070 g/mol. The van der Waals surface area contributed by atoms with Crippen LogP contribution in [0.4, 0.5) is 11.4 Å². The van der Waals surface area contributed by atoms with E-state index in [0.29, 0.717) is 11.3 Å². The highest BCUT2D eigenvalue weighted by Crippen LogP contribution is 2.74. The van der Waals surface area contributed by atoms with Gasteiger partial charge in [-0.25, -0.2) is 0 Å². The van der Waals surface area contributed by atoms with Gasteiger partial charge in [0.2, 0.25) is 0 Å². The third kappa shape index (κ3) is 7.97. The molecule has 3 saturated carbocycles. The zero-order valence-corrected chi connectivity index (χ0v) is 43.6. The second-order valence-electron chi connectivity index (χ2n) is 23.5. The van der Waals surface area contributed by atoms with E-state index in [2.05, 4.69) is 37.6 Å². The third-order valence-electron chi connectivity index (χ3n) is 16.6. The standard InChI is InChI=1S/C76H78N2O/c1-70(2,3)51-20-18-21-53(40-51)78-67-26-16-14-23-56(67)58-30-29-55(43-68(58)78)79-54-22-17-19-48(37-54)61-44-77(66-25-15-13-24-57(61)66)69-59(49-27-31-62-64(38-49)73(8,9)35-33-71(62,4)5)41-52(76-45-75(12,46-76)47-76)42-60(69)50-28-32-63-65(39-50)74(10,11)36-34-72(63,6)7/h13-32,37-43,61H,33-36,45-47H2,1-12H3/i4D3,5D3,6D3,7D3,8D3,9D3,10D3,11D3,27D,28D,31D,32D,33D2,34D2,35D2,36D2,38D,39D. The van der Waals surface area contributed by atoms with Gasteiger partial charge < -0.3 is 13.9 Å². The zero-order chi connectivity index (χ0) is 87.2. The van der Waals surface area contributed by atoms with E-state index in [4.69, 9.17) is 21.2 Å². The molecule has 2 heterocycles. The number of para-hydroxylation sites is 2. The van der Waals surface area contributed by atoms with Crippen molar-refractivity contribution in [3.05, 3.63) is 208 Å². The molecule has 9 aromatic rings. The summed E-state index contributed by atoms with van der Waals surface area (Å²) in [5.74, 6) is -0.700. The smallest absolute Gasteiger partial charge is 0.129 e. The molecule has 3 heteroatoms. The third-order valence-corrected chi connectivity index (χ3v) is 16.6. The number of hydrogen-bond acceptors (Lipinski definition) is 1. The summed E-state index contributed by atoms with van der Waals surface area (Å²) in [6.07, 6.45) is -15.3. The first-order chi connectivity index (χ1) is 53.1. The number of benzene rings is 8. The maximum atomic E-state index is 10.7. The van der Waals surface area contributed by atoms with Crippen LogP contribution >= 0.6 is 0 Å². The molecule has 1 unspecified atom stereocenters. The molecular formula is C76H78N2O. The van der Waals surface area contributed by atoms with E-state index in [0.717, 1.165) is 37.6 Å². The van der Waals surface area contributed by atoms with Crippen LogP contribution < -0.4 is 9.31 Å². The van der Waals surface area contributed by atoms with Gasteiger partial charge in [0.05, 0.1) is 19.3 Å². The van der Waals surface area contributed by atoms with Gasteiger partial charge in [-0.3, -0.25) is 0 Å². The molecule has 8 aromatic carbocycles. The van der Waals surface area contributed by atoms with Gasteiger partial charge in [-0.2, -0.15) is 0 Å². The molecular weight excluding hydrogens is 957 g/mol. The van der Waals surface area contributed by atoms with E-state index in [1.165, 1.54) is 24.3 Å². The summed E-state index contributed by atoms with van der Waals surface area (Å²) in [6.45, 7) is -28.2. The summed E-state index contributed by atoms with van der Waals surface area (Å²) < 4.78 is 369.